The Balaban J connectivity index is 2.02. The summed E-state index contributed by atoms with van der Waals surface area (Å²) in [7, 11) is 0. The van der Waals surface area contributed by atoms with Crippen LogP contribution < -0.4 is 11.1 Å². The summed E-state index contributed by atoms with van der Waals surface area (Å²) in [5.41, 5.74) is 10.2. The SMILES string of the molecule is Cc1ncsc1C(=O)Nc1ccc(N)c2ncccc12. The van der Waals surface area contributed by atoms with Crippen LogP contribution in [0.4, 0.5) is 11.4 Å². The second-order valence-electron chi connectivity index (χ2n) is 4.32. The Bertz CT molecular complexity index is 797. The molecule has 0 bridgehead atoms. The standard InChI is InChI=1S/C14H12N4OS/c1-8-13(20-7-17-8)14(19)18-11-5-4-10(15)12-9(11)3-2-6-16-12/h2-7H,15H2,1H3,(H,18,19). The van der Waals surface area contributed by atoms with E-state index in [9.17, 15) is 4.79 Å². The summed E-state index contributed by atoms with van der Waals surface area (Å²) >= 11 is 1.32. The number of nitrogens with two attached hydrogens (primary N) is 1. The Morgan fingerprint density at radius 3 is 2.90 bits per heavy atom. The first-order valence-corrected chi connectivity index (χ1v) is 6.89. The monoisotopic (exact) mass is 284 g/mol. The summed E-state index contributed by atoms with van der Waals surface area (Å²) in [5, 5.41) is 3.71. The van der Waals surface area contributed by atoms with Crippen molar-refractivity contribution in [3.8, 4) is 0 Å². The Hall–Kier alpha value is -2.47. The van der Waals surface area contributed by atoms with Crippen molar-refractivity contribution in [3.05, 3.63) is 46.5 Å². The molecule has 100 valence electrons. The van der Waals surface area contributed by atoms with Crippen LogP contribution in [0.25, 0.3) is 10.9 Å². The highest BCUT2D eigenvalue weighted by atomic mass is 32.1. The van der Waals surface area contributed by atoms with Crippen molar-refractivity contribution in [2.24, 2.45) is 0 Å². The Morgan fingerprint density at radius 1 is 1.30 bits per heavy atom. The molecule has 0 aliphatic carbocycles. The molecule has 0 aliphatic heterocycles. The zero-order valence-electron chi connectivity index (χ0n) is 10.8. The van der Waals surface area contributed by atoms with Crippen molar-refractivity contribution in [2.45, 2.75) is 6.92 Å². The fourth-order valence-electron chi connectivity index (χ4n) is 2.00. The Morgan fingerprint density at radius 2 is 2.15 bits per heavy atom. The molecule has 3 rings (SSSR count). The lowest BCUT2D eigenvalue weighted by molar-refractivity contribution is 0.103. The number of hydrogen-bond acceptors (Lipinski definition) is 5. The van der Waals surface area contributed by atoms with Gasteiger partial charge in [0.15, 0.2) is 0 Å². The number of fused-ring (bicyclic) bond motifs is 1. The molecule has 0 fully saturated rings. The summed E-state index contributed by atoms with van der Waals surface area (Å²) in [4.78, 5) is 21.2. The molecule has 20 heavy (non-hydrogen) atoms. The number of carbonyl (C=O) groups is 1. The average Bonchev–Trinajstić information content (AvgIpc) is 2.88. The number of nitrogen functional groups attached to an aromatic ring is 1. The first kappa shape index (κ1) is 12.6. The minimum Gasteiger partial charge on any atom is -0.397 e. The van der Waals surface area contributed by atoms with Crippen LogP contribution in [0.15, 0.2) is 36.0 Å². The second-order valence-corrected chi connectivity index (χ2v) is 5.18. The maximum Gasteiger partial charge on any atom is 0.267 e. The number of rotatable bonds is 2. The smallest absolute Gasteiger partial charge is 0.267 e. The van der Waals surface area contributed by atoms with E-state index in [4.69, 9.17) is 5.73 Å². The van der Waals surface area contributed by atoms with Crippen LogP contribution in [0.1, 0.15) is 15.4 Å². The average molecular weight is 284 g/mol. The number of pyridine rings is 1. The van der Waals surface area contributed by atoms with Gasteiger partial charge in [0.2, 0.25) is 0 Å². The Labute approximate surface area is 119 Å². The lowest BCUT2D eigenvalue weighted by Gasteiger charge is -2.09. The van der Waals surface area contributed by atoms with Gasteiger partial charge in [-0.25, -0.2) is 4.98 Å². The van der Waals surface area contributed by atoms with Gasteiger partial charge in [-0.1, -0.05) is 0 Å². The van der Waals surface area contributed by atoms with Crippen LogP contribution in [0.2, 0.25) is 0 Å². The molecular formula is C14H12N4OS. The van der Waals surface area contributed by atoms with Gasteiger partial charge >= 0.3 is 0 Å². The summed E-state index contributed by atoms with van der Waals surface area (Å²) in [5.74, 6) is -0.167. The van der Waals surface area contributed by atoms with Gasteiger partial charge in [0.25, 0.3) is 5.91 Å². The molecule has 3 N–H and O–H groups in total. The van der Waals surface area contributed by atoms with Gasteiger partial charge in [-0.2, -0.15) is 0 Å². The number of amides is 1. The van der Waals surface area contributed by atoms with E-state index >= 15 is 0 Å². The first-order valence-electron chi connectivity index (χ1n) is 6.01. The predicted molar refractivity (Wildman–Crippen MR) is 81.0 cm³/mol. The molecular weight excluding hydrogens is 272 g/mol. The van der Waals surface area contributed by atoms with Gasteiger partial charge in [0.1, 0.15) is 4.88 Å². The number of nitrogens with zero attached hydrogens (tertiary/aromatic N) is 2. The molecule has 0 aliphatic rings. The minimum atomic E-state index is -0.167. The molecule has 2 heterocycles. The largest absolute Gasteiger partial charge is 0.397 e. The van der Waals surface area contributed by atoms with Gasteiger partial charge in [0, 0.05) is 11.6 Å². The molecule has 2 aromatic heterocycles. The molecule has 1 aromatic carbocycles. The highest BCUT2D eigenvalue weighted by Crippen LogP contribution is 2.27. The molecule has 3 aromatic rings. The van der Waals surface area contributed by atoms with E-state index in [0.717, 1.165) is 11.1 Å². The lowest BCUT2D eigenvalue weighted by Crippen LogP contribution is -2.12. The summed E-state index contributed by atoms with van der Waals surface area (Å²) < 4.78 is 0. The molecule has 6 heteroatoms. The van der Waals surface area contributed by atoms with Crippen molar-refractivity contribution in [1.29, 1.82) is 0 Å². The van der Waals surface area contributed by atoms with E-state index in [0.29, 0.717) is 21.8 Å². The lowest BCUT2D eigenvalue weighted by atomic mass is 10.1. The van der Waals surface area contributed by atoms with Crippen molar-refractivity contribution < 1.29 is 4.79 Å². The zero-order chi connectivity index (χ0) is 14.1. The molecule has 5 nitrogen and oxygen atoms in total. The number of anilines is 2. The summed E-state index contributed by atoms with van der Waals surface area (Å²) in [6, 6.07) is 7.22. The quantitative estimate of drug-likeness (QED) is 0.709. The summed E-state index contributed by atoms with van der Waals surface area (Å²) in [6.45, 7) is 1.81. The maximum atomic E-state index is 12.2. The van der Waals surface area contributed by atoms with E-state index < -0.39 is 0 Å². The summed E-state index contributed by atoms with van der Waals surface area (Å²) in [6.07, 6.45) is 1.68. The highest BCUT2D eigenvalue weighted by molar-refractivity contribution is 7.12. The zero-order valence-corrected chi connectivity index (χ0v) is 11.6. The molecule has 0 saturated heterocycles. The number of thiazole rings is 1. The van der Waals surface area contributed by atoms with E-state index in [1.54, 1.807) is 23.8 Å². The number of aromatic nitrogens is 2. The number of benzene rings is 1. The number of carbonyl (C=O) groups excluding carboxylic acids is 1. The molecule has 1 amide bonds. The van der Waals surface area contributed by atoms with E-state index in [2.05, 4.69) is 15.3 Å². The minimum absolute atomic E-state index is 0.167. The third kappa shape index (κ3) is 2.10. The van der Waals surface area contributed by atoms with Crippen molar-refractivity contribution >= 4 is 39.5 Å². The molecule has 0 spiro atoms. The molecule has 0 unspecified atom stereocenters. The van der Waals surface area contributed by atoms with Crippen LogP contribution in [-0.2, 0) is 0 Å². The van der Waals surface area contributed by atoms with E-state index in [-0.39, 0.29) is 5.91 Å². The first-order chi connectivity index (χ1) is 9.66. The van der Waals surface area contributed by atoms with E-state index in [1.807, 2.05) is 19.1 Å². The van der Waals surface area contributed by atoms with Crippen molar-refractivity contribution in [3.63, 3.8) is 0 Å². The van der Waals surface area contributed by atoms with Crippen LogP contribution in [0.3, 0.4) is 0 Å². The van der Waals surface area contributed by atoms with Gasteiger partial charge in [-0.3, -0.25) is 9.78 Å². The maximum absolute atomic E-state index is 12.2. The number of nitrogens with one attached hydrogen (secondary N) is 1. The second kappa shape index (κ2) is 4.90. The van der Waals surface area contributed by atoms with Gasteiger partial charge in [0.05, 0.1) is 28.1 Å². The van der Waals surface area contributed by atoms with Crippen LogP contribution >= 0.6 is 11.3 Å². The fraction of sp³-hybridized carbons (Fsp3) is 0.0714. The molecule has 0 saturated carbocycles. The van der Waals surface area contributed by atoms with Gasteiger partial charge in [-0.05, 0) is 31.2 Å². The number of aryl methyl sites for hydroxylation is 1. The number of hydrogen-bond donors (Lipinski definition) is 2. The Kier molecular flexibility index (Phi) is 3.08. The third-order valence-electron chi connectivity index (χ3n) is 3.00. The normalized spacial score (nSPS) is 10.7. The van der Waals surface area contributed by atoms with Gasteiger partial charge in [-0.15, -0.1) is 11.3 Å². The van der Waals surface area contributed by atoms with Crippen LogP contribution in [0.5, 0.6) is 0 Å². The van der Waals surface area contributed by atoms with Crippen molar-refractivity contribution in [1.82, 2.24) is 9.97 Å². The third-order valence-corrected chi connectivity index (χ3v) is 3.93. The van der Waals surface area contributed by atoms with Crippen LogP contribution in [-0.4, -0.2) is 15.9 Å². The van der Waals surface area contributed by atoms with Gasteiger partial charge < -0.3 is 11.1 Å². The molecule has 0 radical (unpaired) electrons. The van der Waals surface area contributed by atoms with Crippen LogP contribution in [0, 0.1) is 6.92 Å². The topological polar surface area (TPSA) is 80.9 Å². The highest BCUT2D eigenvalue weighted by Gasteiger charge is 2.13. The fourth-order valence-corrected chi connectivity index (χ4v) is 2.70. The predicted octanol–water partition coefficient (Wildman–Crippen LogP) is 2.83. The van der Waals surface area contributed by atoms with E-state index in [1.165, 1.54) is 11.3 Å². The van der Waals surface area contributed by atoms with Crippen molar-refractivity contribution in [2.75, 3.05) is 11.1 Å². The molecule has 0 atom stereocenters.